The quantitative estimate of drug-likeness (QED) is 0.349. The Morgan fingerprint density at radius 2 is 2.06 bits per heavy atom. The van der Waals surface area contributed by atoms with Crippen molar-refractivity contribution in [2.24, 2.45) is 5.73 Å². The Labute approximate surface area is 96.1 Å². The van der Waals surface area contributed by atoms with Gasteiger partial charge in [-0.2, -0.15) is 13.1 Å². The van der Waals surface area contributed by atoms with Crippen LogP contribution >= 0.6 is 0 Å². The number of amidine groups is 1. The Kier molecular flexibility index (Phi) is 4.66. The molecule has 16 heavy (non-hydrogen) atoms. The van der Waals surface area contributed by atoms with Crippen LogP contribution in [0.3, 0.4) is 0 Å². The second-order valence-corrected chi connectivity index (χ2v) is 5.55. The van der Waals surface area contributed by atoms with E-state index in [4.69, 9.17) is 11.1 Å². The minimum atomic E-state index is -3.35. The highest BCUT2D eigenvalue weighted by Gasteiger charge is 2.22. The maximum absolute atomic E-state index is 11.2. The van der Waals surface area contributed by atoms with Crippen LogP contribution in [-0.2, 0) is 10.2 Å². The molecule has 8 heteroatoms. The van der Waals surface area contributed by atoms with Gasteiger partial charge in [-0.1, -0.05) is 0 Å². The molecule has 0 bridgehead atoms. The normalized spacial score (nSPS) is 19.8. The van der Waals surface area contributed by atoms with Crippen LogP contribution in [-0.4, -0.2) is 51.9 Å². The molecule has 1 rings (SSSR count). The van der Waals surface area contributed by atoms with Gasteiger partial charge in [0, 0.05) is 26.2 Å². The first kappa shape index (κ1) is 13.4. The van der Waals surface area contributed by atoms with Crippen LogP contribution in [0, 0.1) is 5.41 Å². The van der Waals surface area contributed by atoms with Crippen LogP contribution in [0.5, 0.6) is 0 Å². The summed E-state index contributed by atoms with van der Waals surface area (Å²) in [4.78, 5) is 2.05. The van der Waals surface area contributed by atoms with Crippen molar-refractivity contribution in [1.29, 1.82) is 5.41 Å². The van der Waals surface area contributed by atoms with Crippen molar-refractivity contribution in [2.75, 3.05) is 26.7 Å². The van der Waals surface area contributed by atoms with E-state index in [1.54, 1.807) is 0 Å². The average molecular weight is 249 g/mol. The lowest BCUT2D eigenvalue weighted by Crippen LogP contribution is -2.48. The summed E-state index contributed by atoms with van der Waals surface area (Å²) in [5.41, 5.74) is 5.30. The molecule has 0 radical (unpaired) electrons. The Morgan fingerprint density at radius 3 is 2.50 bits per heavy atom. The summed E-state index contributed by atoms with van der Waals surface area (Å²) in [6.07, 6.45) is 1.49. The number of piperidine rings is 1. The summed E-state index contributed by atoms with van der Waals surface area (Å²) in [5, 5.41) is 7.17. The Balaban J connectivity index is 2.35. The van der Waals surface area contributed by atoms with Crippen molar-refractivity contribution in [3.63, 3.8) is 0 Å². The van der Waals surface area contributed by atoms with E-state index in [0.29, 0.717) is 6.54 Å². The third kappa shape index (κ3) is 4.44. The van der Waals surface area contributed by atoms with E-state index in [1.807, 2.05) is 4.90 Å². The van der Waals surface area contributed by atoms with Gasteiger partial charge in [-0.05, 0) is 12.8 Å². The first-order valence-corrected chi connectivity index (χ1v) is 6.67. The zero-order valence-electron chi connectivity index (χ0n) is 9.36. The van der Waals surface area contributed by atoms with Crippen LogP contribution in [0.4, 0.5) is 0 Å². The largest absolute Gasteiger partial charge is 0.387 e. The lowest BCUT2D eigenvalue weighted by Gasteiger charge is -2.31. The Bertz CT molecular complexity index is 334. The maximum Gasteiger partial charge on any atom is 0.276 e. The van der Waals surface area contributed by atoms with Crippen molar-refractivity contribution in [2.45, 2.75) is 18.9 Å². The second kappa shape index (κ2) is 5.58. The van der Waals surface area contributed by atoms with Gasteiger partial charge < -0.3 is 5.73 Å². The number of nitrogens with zero attached hydrogens (tertiary/aromatic N) is 1. The minimum absolute atomic E-state index is 0.0272. The van der Waals surface area contributed by atoms with Crippen molar-refractivity contribution in [1.82, 2.24) is 14.3 Å². The van der Waals surface area contributed by atoms with Crippen LogP contribution in [0.15, 0.2) is 0 Å². The molecule has 0 aromatic carbocycles. The van der Waals surface area contributed by atoms with Gasteiger partial charge in [0.15, 0.2) is 0 Å². The molecule has 1 saturated heterocycles. The van der Waals surface area contributed by atoms with E-state index in [-0.39, 0.29) is 11.9 Å². The third-order valence-corrected chi connectivity index (χ3v) is 3.75. The highest BCUT2D eigenvalue weighted by Crippen LogP contribution is 2.10. The number of hydrogen-bond acceptors (Lipinski definition) is 4. The van der Waals surface area contributed by atoms with Crippen LogP contribution in [0.1, 0.15) is 12.8 Å². The topological polar surface area (TPSA) is 111 Å². The van der Waals surface area contributed by atoms with Crippen molar-refractivity contribution in [3.8, 4) is 0 Å². The first-order valence-electron chi connectivity index (χ1n) is 5.19. The molecule has 0 atom stereocenters. The van der Waals surface area contributed by atoms with Gasteiger partial charge in [0.25, 0.3) is 10.2 Å². The third-order valence-electron chi connectivity index (χ3n) is 2.57. The summed E-state index contributed by atoms with van der Waals surface area (Å²) in [5.74, 6) is 0.147. The fourth-order valence-corrected chi connectivity index (χ4v) is 2.52. The van der Waals surface area contributed by atoms with Gasteiger partial charge in [-0.3, -0.25) is 10.3 Å². The van der Waals surface area contributed by atoms with Crippen LogP contribution in [0.25, 0.3) is 0 Å². The molecule has 1 aliphatic heterocycles. The number of likely N-dealkylation sites (tertiary alicyclic amines) is 1. The van der Waals surface area contributed by atoms with E-state index in [1.165, 1.54) is 7.05 Å². The van der Waals surface area contributed by atoms with Gasteiger partial charge >= 0.3 is 0 Å². The summed E-state index contributed by atoms with van der Waals surface area (Å²) >= 11 is 0. The zero-order valence-corrected chi connectivity index (χ0v) is 10.2. The number of nitrogens with two attached hydrogens (primary N) is 1. The molecule has 0 unspecified atom stereocenters. The minimum Gasteiger partial charge on any atom is -0.387 e. The monoisotopic (exact) mass is 249 g/mol. The van der Waals surface area contributed by atoms with Crippen LogP contribution < -0.4 is 15.2 Å². The van der Waals surface area contributed by atoms with Gasteiger partial charge in [0.1, 0.15) is 5.84 Å². The average Bonchev–Trinajstić information content (AvgIpc) is 2.20. The van der Waals surface area contributed by atoms with E-state index < -0.39 is 10.2 Å². The Morgan fingerprint density at radius 1 is 1.50 bits per heavy atom. The standard InChI is InChI=1S/C8H19N5O2S/c1-11-16(14,15)12-7-2-4-13(5-3-7)6-8(9)10/h7,11-12H,2-6H2,1H3,(H3,9,10). The summed E-state index contributed by atoms with van der Waals surface area (Å²) in [7, 11) is -1.96. The lowest BCUT2D eigenvalue weighted by molar-refractivity contribution is 0.231. The molecule has 0 aliphatic carbocycles. The molecule has 1 fully saturated rings. The molecule has 0 spiro atoms. The van der Waals surface area contributed by atoms with Gasteiger partial charge in [0.05, 0.1) is 6.54 Å². The van der Waals surface area contributed by atoms with Gasteiger partial charge in [0.2, 0.25) is 0 Å². The predicted molar refractivity (Wildman–Crippen MR) is 62.5 cm³/mol. The van der Waals surface area contributed by atoms with Gasteiger partial charge in [-0.15, -0.1) is 0 Å². The molecule has 1 aliphatic rings. The first-order chi connectivity index (χ1) is 7.43. The van der Waals surface area contributed by atoms with E-state index in [9.17, 15) is 8.42 Å². The highest BCUT2D eigenvalue weighted by atomic mass is 32.2. The molecule has 1 heterocycles. The highest BCUT2D eigenvalue weighted by molar-refractivity contribution is 7.87. The Hall–Kier alpha value is -0.700. The smallest absolute Gasteiger partial charge is 0.276 e. The van der Waals surface area contributed by atoms with E-state index >= 15 is 0 Å². The molecule has 0 aromatic rings. The summed E-state index contributed by atoms with van der Waals surface area (Å²) in [6, 6.07) is -0.0272. The molecule has 5 N–H and O–H groups in total. The van der Waals surface area contributed by atoms with Gasteiger partial charge in [-0.25, -0.2) is 4.72 Å². The fourth-order valence-electron chi connectivity index (χ4n) is 1.73. The number of hydrogen-bond donors (Lipinski definition) is 4. The zero-order chi connectivity index (χ0) is 12.2. The molecular weight excluding hydrogens is 230 g/mol. The summed E-state index contributed by atoms with van der Waals surface area (Å²) < 4.78 is 27.3. The van der Waals surface area contributed by atoms with Crippen molar-refractivity contribution < 1.29 is 8.42 Å². The molecule has 0 aromatic heterocycles. The predicted octanol–water partition coefficient (Wildman–Crippen LogP) is -1.56. The molecular formula is C8H19N5O2S. The summed E-state index contributed by atoms with van der Waals surface area (Å²) in [6.45, 7) is 1.98. The van der Waals surface area contributed by atoms with Crippen LogP contribution in [0.2, 0.25) is 0 Å². The lowest BCUT2D eigenvalue weighted by atomic mass is 10.1. The van der Waals surface area contributed by atoms with E-state index in [2.05, 4.69) is 9.44 Å². The molecule has 0 saturated carbocycles. The fraction of sp³-hybridized carbons (Fsp3) is 0.875. The SMILES string of the molecule is CNS(=O)(=O)NC1CCN(CC(=N)N)CC1. The molecule has 7 nitrogen and oxygen atoms in total. The number of rotatable bonds is 5. The second-order valence-electron chi connectivity index (χ2n) is 3.90. The van der Waals surface area contributed by atoms with Crippen molar-refractivity contribution >= 4 is 16.0 Å². The van der Waals surface area contributed by atoms with E-state index in [0.717, 1.165) is 25.9 Å². The maximum atomic E-state index is 11.2. The van der Waals surface area contributed by atoms with Crippen molar-refractivity contribution in [3.05, 3.63) is 0 Å². The molecule has 94 valence electrons. The molecule has 0 amide bonds. The number of nitrogens with one attached hydrogen (secondary N) is 3.